The molecule has 3 heteroatoms. The summed E-state index contributed by atoms with van der Waals surface area (Å²) in [6.07, 6.45) is 2.47. The molecule has 2 rings (SSSR count). The zero-order valence-electron chi connectivity index (χ0n) is 10.3. The van der Waals surface area contributed by atoms with Gasteiger partial charge >= 0.3 is 0 Å². The number of benzene rings is 1. The fourth-order valence-corrected chi connectivity index (χ4v) is 2.48. The van der Waals surface area contributed by atoms with E-state index in [1.165, 1.54) is 18.4 Å². The van der Waals surface area contributed by atoms with E-state index in [-0.39, 0.29) is 6.61 Å². The summed E-state index contributed by atoms with van der Waals surface area (Å²) in [6, 6.07) is 11.1. The van der Waals surface area contributed by atoms with Gasteiger partial charge in [-0.3, -0.25) is 4.90 Å². The fraction of sp³-hybridized carbons (Fsp3) is 0.571. The van der Waals surface area contributed by atoms with Crippen LogP contribution in [0.25, 0.3) is 0 Å². The minimum absolute atomic E-state index is 0.239. The molecule has 1 aromatic carbocycles. The van der Waals surface area contributed by atoms with Crippen LogP contribution in [0.2, 0.25) is 0 Å². The highest BCUT2D eigenvalue weighted by Gasteiger charge is 2.20. The molecular formula is C14H22N2O. The molecular weight excluding hydrogens is 212 g/mol. The molecule has 0 spiro atoms. The third-order valence-electron chi connectivity index (χ3n) is 3.40. The molecule has 1 unspecified atom stereocenters. The van der Waals surface area contributed by atoms with Gasteiger partial charge in [-0.15, -0.1) is 0 Å². The van der Waals surface area contributed by atoms with E-state index in [1.807, 2.05) is 6.07 Å². The lowest BCUT2D eigenvalue weighted by molar-refractivity contribution is 0.124. The summed E-state index contributed by atoms with van der Waals surface area (Å²) in [5.41, 5.74) is 1.33. The topological polar surface area (TPSA) is 35.5 Å². The first-order valence-electron chi connectivity index (χ1n) is 6.49. The van der Waals surface area contributed by atoms with Gasteiger partial charge in [0.1, 0.15) is 0 Å². The molecule has 1 heterocycles. The maximum atomic E-state index is 9.18. The van der Waals surface area contributed by atoms with Crippen LogP contribution in [0, 0.1) is 0 Å². The van der Waals surface area contributed by atoms with E-state index in [0.29, 0.717) is 6.04 Å². The van der Waals surface area contributed by atoms with E-state index in [4.69, 9.17) is 0 Å². The van der Waals surface area contributed by atoms with Crippen molar-refractivity contribution in [3.8, 4) is 0 Å². The van der Waals surface area contributed by atoms with E-state index >= 15 is 0 Å². The Kier molecular flexibility index (Phi) is 4.98. The Morgan fingerprint density at radius 1 is 1.29 bits per heavy atom. The highest BCUT2D eigenvalue weighted by atomic mass is 16.3. The Morgan fingerprint density at radius 3 is 2.76 bits per heavy atom. The van der Waals surface area contributed by atoms with Crippen LogP contribution in [0.4, 0.5) is 0 Å². The minimum atomic E-state index is 0.239. The molecule has 0 saturated carbocycles. The van der Waals surface area contributed by atoms with Crippen molar-refractivity contribution in [3.63, 3.8) is 0 Å². The zero-order chi connectivity index (χ0) is 11.9. The third kappa shape index (κ3) is 3.80. The van der Waals surface area contributed by atoms with Gasteiger partial charge in [0.25, 0.3) is 0 Å². The summed E-state index contributed by atoms with van der Waals surface area (Å²) in [7, 11) is 0. The Hall–Kier alpha value is -0.900. The summed E-state index contributed by atoms with van der Waals surface area (Å²) >= 11 is 0. The molecule has 0 amide bonds. The summed E-state index contributed by atoms with van der Waals surface area (Å²) in [5, 5.41) is 12.6. The number of rotatable bonds is 5. The van der Waals surface area contributed by atoms with E-state index in [2.05, 4.69) is 34.5 Å². The highest BCUT2D eigenvalue weighted by molar-refractivity contribution is 5.14. The van der Waals surface area contributed by atoms with Crippen molar-refractivity contribution in [1.29, 1.82) is 0 Å². The van der Waals surface area contributed by atoms with Crippen LogP contribution in [0.3, 0.4) is 0 Å². The minimum Gasteiger partial charge on any atom is -0.395 e. The largest absolute Gasteiger partial charge is 0.395 e. The van der Waals surface area contributed by atoms with Gasteiger partial charge < -0.3 is 10.4 Å². The molecule has 0 aliphatic carbocycles. The summed E-state index contributed by atoms with van der Waals surface area (Å²) < 4.78 is 0. The Bertz CT molecular complexity index is 309. The Labute approximate surface area is 103 Å². The molecule has 1 saturated heterocycles. The second kappa shape index (κ2) is 6.74. The molecule has 17 heavy (non-hydrogen) atoms. The zero-order valence-corrected chi connectivity index (χ0v) is 10.3. The second-order valence-corrected chi connectivity index (χ2v) is 4.68. The van der Waals surface area contributed by atoms with Crippen LogP contribution in [0.15, 0.2) is 30.3 Å². The smallest absolute Gasteiger partial charge is 0.0558 e. The van der Waals surface area contributed by atoms with E-state index in [9.17, 15) is 5.11 Å². The third-order valence-corrected chi connectivity index (χ3v) is 3.40. The van der Waals surface area contributed by atoms with Crippen molar-refractivity contribution in [1.82, 2.24) is 10.2 Å². The number of nitrogens with one attached hydrogen (secondary N) is 1. The first-order chi connectivity index (χ1) is 8.40. The molecule has 0 aromatic heterocycles. The molecule has 1 fully saturated rings. The van der Waals surface area contributed by atoms with E-state index < -0.39 is 0 Å². The van der Waals surface area contributed by atoms with Crippen molar-refractivity contribution in [2.45, 2.75) is 25.4 Å². The molecule has 0 radical (unpaired) electrons. The number of hydrogen-bond donors (Lipinski definition) is 2. The van der Waals surface area contributed by atoms with E-state index in [1.54, 1.807) is 0 Å². The van der Waals surface area contributed by atoms with Crippen LogP contribution >= 0.6 is 0 Å². The Morgan fingerprint density at radius 2 is 2.12 bits per heavy atom. The lowest BCUT2D eigenvalue weighted by atomic mass is 10.0. The van der Waals surface area contributed by atoms with Gasteiger partial charge in [-0.25, -0.2) is 0 Å². The van der Waals surface area contributed by atoms with Crippen molar-refractivity contribution in [2.75, 3.05) is 26.2 Å². The molecule has 1 aliphatic rings. The molecule has 2 N–H and O–H groups in total. The standard InChI is InChI=1S/C14H22N2O/c17-10-9-16(14-7-4-8-15-11-14)12-13-5-2-1-3-6-13/h1-3,5-6,14-15,17H,4,7-12H2. The molecule has 3 nitrogen and oxygen atoms in total. The number of piperidine rings is 1. The van der Waals surface area contributed by atoms with Gasteiger partial charge in [-0.2, -0.15) is 0 Å². The normalized spacial score (nSPS) is 20.7. The lowest BCUT2D eigenvalue weighted by Gasteiger charge is -2.34. The van der Waals surface area contributed by atoms with Crippen LogP contribution < -0.4 is 5.32 Å². The van der Waals surface area contributed by atoms with Crippen LogP contribution in [-0.4, -0.2) is 42.3 Å². The van der Waals surface area contributed by atoms with Gasteiger partial charge in [0.2, 0.25) is 0 Å². The van der Waals surface area contributed by atoms with Crippen molar-refractivity contribution in [3.05, 3.63) is 35.9 Å². The van der Waals surface area contributed by atoms with Gasteiger partial charge in [-0.1, -0.05) is 30.3 Å². The summed E-state index contributed by atoms with van der Waals surface area (Å²) in [6.45, 7) is 4.12. The molecule has 1 atom stereocenters. The molecule has 94 valence electrons. The van der Waals surface area contributed by atoms with Crippen molar-refractivity contribution in [2.24, 2.45) is 0 Å². The predicted molar refractivity (Wildman–Crippen MR) is 69.8 cm³/mol. The summed E-state index contributed by atoms with van der Waals surface area (Å²) in [5.74, 6) is 0. The number of hydrogen-bond acceptors (Lipinski definition) is 3. The maximum absolute atomic E-state index is 9.18. The molecule has 1 aliphatic heterocycles. The highest BCUT2D eigenvalue weighted by Crippen LogP contribution is 2.13. The SMILES string of the molecule is OCCN(Cc1ccccc1)C1CCCNC1. The first kappa shape index (κ1) is 12.6. The van der Waals surface area contributed by atoms with Crippen LogP contribution in [-0.2, 0) is 6.54 Å². The number of nitrogens with zero attached hydrogens (tertiary/aromatic N) is 1. The quantitative estimate of drug-likeness (QED) is 0.804. The van der Waals surface area contributed by atoms with Crippen LogP contribution in [0.1, 0.15) is 18.4 Å². The van der Waals surface area contributed by atoms with Crippen molar-refractivity contribution >= 4 is 0 Å². The van der Waals surface area contributed by atoms with E-state index in [0.717, 1.165) is 26.2 Å². The monoisotopic (exact) mass is 234 g/mol. The van der Waals surface area contributed by atoms with Crippen molar-refractivity contribution < 1.29 is 5.11 Å². The first-order valence-corrected chi connectivity index (χ1v) is 6.49. The fourth-order valence-electron chi connectivity index (χ4n) is 2.48. The van der Waals surface area contributed by atoms with Gasteiger partial charge in [0, 0.05) is 25.7 Å². The molecule has 0 bridgehead atoms. The number of aliphatic hydroxyl groups is 1. The van der Waals surface area contributed by atoms with Crippen LogP contribution in [0.5, 0.6) is 0 Å². The maximum Gasteiger partial charge on any atom is 0.0558 e. The average molecular weight is 234 g/mol. The average Bonchev–Trinajstić information content (AvgIpc) is 2.40. The van der Waals surface area contributed by atoms with Gasteiger partial charge in [0.05, 0.1) is 6.61 Å². The molecule has 1 aromatic rings. The number of aliphatic hydroxyl groups excluding tert-OH is 1. The lowest BCUT2D eigenvalue weighted by Crippen LogP contribution is -2.46. The summed E-state index contributed by atoms with van der Waals surface area (Å²) in [4.78, 5) is 2.39. The second-order valence-electron chi connectivity index (χ2n) is 4.68. The predicted octanol–water partition coefficient (Wildman–Crippen LogP) is 1.23. The van der Waals surface area contributed by atoms with Gasteiger partial charge in [0.15, 0.2) is 0 Å². The van der Waals surface area contributed by atoms with Gasteiger partial charge in [-0.05, 0) is 24.9 Å². The Balaban J connectivity index is 1.96.